The van der Waals surface area contributed by atoms with Crippen LogP contribution >= 0.6 is 11.6 Å². The van der Waals surface area contributed by atoms with E-state index in [2.05, 4.69) is 20.6 Å². The van der Waals surface area contributed by atoms with Crippen molar-refractivity contribution in [3.63, 3.8) is 0 Å². The molecular formula is C9H13ClN4O. The largest absolute Gasteiger partial charge is 0.320 e. The molecule has 0 spiro atoms. The molecule has 0 aliphatic rings. The zero-order valence-corrected chi connectivity index (χ0v) is 9.21. The van der Waals surface area contributed by atoms with E-state index in [4.69, 9.17) is 11.6 Å². The minimum absolute atomic E-state index is 0.0694. The van der Waals surface area contributed by atoms with E-state index >= 15 is 0 Å². The molecule has 1 aromatic heterocycles. The summed E-state index contributed by atoms with van der Waals surface area (Å²) in [6.45, 7) is 0.817. The number of hydrogen-bond acceptors (Lipinski definition) is 4. The maximum absolute atomic E-state index is 11.4. The van der Waals surface area contributed by atoms with Crippen LogP contribution in [-0.2, 0) is 4.79 Å². The number of hydrogen-bond donors (Lipinski definition) is 2. The zero-order valence-electron chi connectivity index (χ0n) is 8.46. The normalized spacial score (nSPS) is 10.0. The van der Waals surface area contributed by atoms with Crippen LogP contribution in [0.1, 0.15) is 12.8 Å². The first kappa shape index (κ1) is 11.9. The molecule has 1 rings (SSSR count). The number of nitrogens with one attached hydrogen (secondary N) is 2. The summed E-state index contributed by atoms with van der Waals surface area (Å²) < 4.78 is 0. The van der Waals surface area contributed by atoms with Gasteiger partial charge in [-0.3, -0.25) is 4.79 Å². The highest BCUT2D eigenvalue weighted by atomic mass is 35.5. The second-order valence-corrected chi connectivity index (χ2v) is 3.30. The fourth-order valence-electron chi connectivity index (χ4n) is 1.04. The van der Waals surface area contributed by atoms with Gasteiger partial charge in [-0.2, -0.15) is 0 Å². The quantitative estimate of drug-likeness (QED) is 0.585. The molecule has 0 radical (unpaired) electrons. The lowest BCUT2D eigenvalue weighted by Gasteiger charge is -2.03. The molecule has 2 N–H and O–H groups in total. The first-order valence-corrected chi connectivity index (χ1v) is 5.03. The number of amides is 1. The van der Waals surface area contributed by atoms with E-state index in [9.17, 15) is 4.79 Å². The van der Waals surface area contributed by atoms with Gasteiger partial charge in [0.25, 0.3) is 0 Å². The van der Waals surface area contributed by atoms with Crippen molar-refractivity contribution < 1.29 is 4.79 Å². The zero-order chi connectivity index (χ0) is 11.1. The molecule has 0 fully saturated rings. The summed E-state index contributed by atoms with van der Waals surface area (Å²) in [5, 5.41) is 5.74. The van der Waals surface area contributed by atoms with Crippen LogP contribution in [0.4, 0.5) is 5.82 Å². The molecule has 0 aromatic carbocycles. The molecule has 15 heavy (non-hydrogen) atoms. The molecule has 0 aliphatic heterocycles. The van der Waals surface area contributed by atoms with Crippen LogP contribution in [0.15, 0.2) is 12.3 Å². The van der Waals surface area contributed by atoms with Crippen molar-refractivity contribution in [1.82, 2.24) is 15.3 Å². The second-order valence-electron chi connectivity index (χ2n) is 2.97. The second kappa shape index (κ2) is 6.31. The van der Waals surface area contributed by atoms with Crippen molar-refractivity contribution in [3.8, 4) is 0 Å². The SMILES string of the molecule is CNCCCC(=O)Nc1ccnc(Cl)n1. The van der Waals surface area contributed by atoms with Gasteiger partial charge in [-0.25, -0.2) is 9.97 Å². The Kier molecular flexibility index (Phi) is 5.00. The highest BCUT2D eigenvalue weighted by molar-refractivity contribution is 6.28. The fourth-order valence-corrected chi connectivity index (χ4v) is 1.18. The van der Waals surface area contributed by atoms with Crippen molar-refractivity contribution >= 4 is 23.3 Å². The molecule has 82 valence electrons. The summed E-state index contributed by atoms with van der Waals surface area (Å²) in [7, 11) is 1.85. The third-order valence-electron chi connectivity index (χ3n) is 1.72. The Labute approximate surface area is 93.3 Å². The summed E-state index contributed by atoms with van der Waals surface area (Å²) in [5.41, 5.74) is 0. The molecule has 5 nitrogen and oxygen atoms in total. The molecule has 0 unspecified atom stereocenters. The lowest BCUT2D eigenvalue weighted by atomic mass is 10.3. The average molecular weight is 229 g/mol. The third-order valence-corrected chi connectivity index (χ3v) is 1.91. The smallest absolute Gasteiger partial charge is 0.225 e. The van der Waals surface area contributed by atoms with Gasteiger partial charge in [-0.15, -0.1) is 0 Å². The number of carbonyl (C=O) groups excluding carboxylic acids is 1. The number of anilines is 1. The third kappa shape index (κ3) is 4.71. The van der Waals surface area contributed by atoms with Gasteiger partial charge in [0, 0.05) is 12.6 Å². The molecule has 0 aliphatic carbocycles. The first-order chi connectivity index (χ1) is 7.22. The summed E-state index contributed by atoms with van der Waals surface area (Å²) >= 11 is 5.57. The minimum atomic E-state index is -0.0694. The Morgan fingerprint density at radius 1 is 1.60 bits per heavy atom. The van der Waals surface area contributed by atoms with Crippen LogP contribution < -0.4 is 10.6 Å². The molecule has 1 heterocycles. The molecule has 0 bridgehead atoms. The summed E-state index contributed by atoms with van der Waals surface area (Å²) in [4.78, 5) is 18.9. The first-order valence-electron chi connectivity index (χ1n) is 4.65. The van der Waals surface area contributed by atoms with Gasteiger partial charge in [0.05, 0.1) is 0 Å². The van der Waals surface area contributed by atoms with Crippen molar-refractivity contribution in [2.75, 3.05) is 18.9 Å². The van der Waals surface area contributed by atoms with Crippen molar-refractivity contribution in [3.05, 3.63) is 17.5 Å². The van der Waals surface area contributed by atoms with E-state index in [0.29, 0.717) is 12.2 Å². The molecule has 0 atom stereocenters. The predicted molar refractivity (Wildman–Crippen MR) is 58.8 cm³/mol. The van der Waals surface area contributed by atoms with E-state index in [1.165, 1.54) is 6.20 Å². The maximum atomic E-state index is 11.4. The van der Waals surface area contributed by atoms with E-state index in [-0.39, 0.29) is 11.2 Å². The lowest BCUT2D eigenvalue weighted by Crippen LogP contribution is -2.15. The topological polar surface area (TPSA) is 66.9 Å². The Bertz CT molecular complexity index is 332. The minimum Gasteiger partial charge on any atom is -0.320 e. The number of rotatable bonds is 5. The Balaban J connectivity index is 2.37. The highest BCUT2D eigenvalue weighted by Crippen LogP contribution is 2.06. The van der Waals surface area contributed by atoms with Gasteiger partial charge in [0.15, 0.2) is 0 Å². The van der Waals surface area contributed by atoms with Crippen LogP contribution in [0.2, 0.25) is 5.28 Å². The maximum Gasteiger partial charge on any atom is 0.225 e. The van der Waals surface area contributed by atoms with Crippen molar-refractivity contribution in [2.45, 2.75) is 12.8 Å². The molecule has 1 amide bonds. The number of nitrogens with zero attached hydrogens (tertiary/aromatic N) is 2. The molecule has 0 saturated carbocycles. The Morgan fingerprint density at radius 2 is 2.40 bits per heavy atom. The van der Waals surface area contributed by atoms with E-state index in [0.717, 1.165) is 13.0 Å². The van der Waals surface area contributed by atoms with Crippen LogP contribution in [0.5, 0.6) is 0 Å². The van der Waals surface area contributed by atoms with Gasteiger partial charge in [-0.1, -0.05) is 0 Å². The highest BCUT2D eigenvalue weighted by Gasteiger charge is 2.03. The summed E-state index contributed by atoms with van der Waals surface area (Å²) in [5.74, 6) is 0.365. The van der Waals surface area contributed by atoms with E-state index in [1.54, 1.807) is 6.07 Å². The number of halogens is 1. The van der Waals surface area contributed by atoms with Gasteiger partial charge < -0.3 is 10.6 Å². The van der Waals surface area contributed by atoms with Crippen LogP contribution in [-0.4, -0.2) is 29.5 Å². The Hall–Kier alpha value is -1.20. The lowest BCUT2D eigenvalue weighted by molar-refractivity contribution is -0.116. The van der Waals surface area contributed by atoms with Gasteiger partial charge in [0.1, 0.15) is 5.82 Å². The van der Waals surface area contributed by atoms with Crippen LogP contribution in [0.3, 0.4) is 0 Å². The number of aromatic nitrogens is 2. The van der Waals surface area contributed by atoms with E-state index in [1.807, 2.05) is 7.05 Å². The van der Waals surface area contributed by atoms with E-state index < -0.39 is 0 Å². The number of carbonyl (C=O) groups is 1. The fraction of sp³-hybridized carbons (Fsp3) is 0.444. The van der Waals surface area contributed by atoms with Crippen LogP contribution in [0, 0.1) is 0 Å². The van der Waals surface area contributed by atoms with Crippen molar-refractivity contribution in [1.29, 1.82) is 0 Å². The monoisotopic (exact) mass is 228 g/mol. The predicted octanol–water partition coefficient (Wildman–Crippen LogP) is 1.07. The molecular weight excluding hydrogens is 216 g/mol. The van der Waals surface area contributed by atoms with Gasteiger partial charge >= 0.3 is 0 Å². The van der Waals surface area contributed by atoms with Gasteiger partial charge in [-0.05, 0) is 37.7 Å². The molecule has 0 saturated heterocycles. The average Bonchev–Trinajstić information content (AvgIpc) is 2.18. The molecule has 6 heteroatoms. The summed E-state index contributed by atoms with van der Waals surface area (Å²) in [6, 6.07) is 1.60. The molecule has 1 aromatic rings. The Morgan fingerprint density at radius 3 is 3.07 bits per heavy atom. The standard InChI is InChI=1S/C9H13ClN4O/c1-11-5-2-3-8(15)13-7-4-6-12-9(10)14-7/h4,6,11H,2-3,5H2,1H3,(H,12,13,14,15). The van der Waals surface area contributed by atoms with Crippen LogP contribution in [0.25, 0.3) is 0 Å². The van der Waals surface area contributed by atoms with Gasteiger partial charge in [0.2, 0.25) is 11.2 Å². The van der Waals surface area contributed by atoms with Crippen molar-refractivity contribution in [2.24, 2.45) is 0 Å². The summed E-state index contributed by atoms with van der Waals surface area (Å²) in [6.07, 6.45) is 2.75.